The summed E-state index contributed by atoms with van der Waals surface area (Å²) in [6.07, 6.45) is 5.88. The highest BCUT2D eigenvalue weighted by Crippen LogP contribution is 2.23. The molecule has 63 valence electrons. The van der Waals surface area contributed by atoms with Gasteiger partial charge in [-0.25, -0.2) is 9.37 Å². The van der Waals surface area contributed by atoms with Crippen molar-refractivity contribution in [1.29, 1.82) is 0 Å². The molecule has 12 heavy (non-hydrogen) atoms. The number of hydrogen-bond acceptors (Lipinski definition) is 2. The van der Waals surface area contributed by atoms with Gasteiger partial charge in [0.1, 0.15) is 12.3 Å². The lowest BCUT2D eigenvalue weighted by Gasteiger charge is -2.25. The largest absolute Gasteiger partial charge is 0.474 e. The fourth-order valence-corrected chi connectivity index (χ4v) is 1.05. The first kappa shape index (κ1) is 7.53. The predicted octanol–water partition coefficient (Wildman–Crippen LogP) is 1.95. The number of nitrogens with zero attached hydrogens (tertiary/aromatic N) is 1. The molecule has 0 atom stereocenters. The Balaban J connectivity index is 1.98. The summed E-state index contributed by atoms with van der Waals surface area (Å²) in [5.41, 5.74) is 0. The average molecular weight is 166 g/mol. The molecule has 1 radical (unpaired) electrons. The summed E-state index contributed by atoms with van der Waals surface area (Å²) in [6, 6.07) is 2.84. The van der Waals surface area contributed by atoms with Crippen molar-refractivity contribution >= 4 is 0 Å². The minimum Gasteiger partial charge on any atom is -0.474 e. The summed E-state index contributed by atoms with van der Waals surface area (Å²) in [6.45, 7) is 0. The summed E-state index contributed by atoms with van der Waals surface area (Å²) in [5, 5.41) is 0. The molecule has 3 heteroatoms. The molecule has 0 aromatic carbocycles. The van der Waals surface area contributed by atoms with E-state index in [1.54, 1.807) is 0 Å². The third-order valence-electron chi connectivity index (χ3n) is 1.98. The number of pyridine rings is 1. The lowest BCUT2D eigenvalue weighted by Crippen LogP contribution is -2.24. The molecule has 0 N–H and O–H groups in total. The second kappa shape index (κ2) is 3.09. The molecule has 0 unspecified atom stereocenters. The van der Waals surface area contributed by atoms with Crippen molar-refractivity contribution in [3.05, 3.63) is 24.1 Å². The second-order valence-electron chi connectivity index (χ2n) is 2.91. The van der Waals surface area contributed by atoms with Crippen LogP contribution in [0.1, 0.15) is 19.3 Å². The van der Waals surface area contributed by atoms with Gasteiger partial charge in [-0.1, -0.05) is 0 Å². The number of ether oxygens (including phenoxy) is 1. The van der Waals surface area contributed by atoms with Crippen LogP contribution in [0.25, 0.3) is 0 Å². The van der Waals surface area contributed by atoms with Crippen LogP contribution >= 0.6 is 0 Å². The van der Waals surface area contributed by atoms with E-state index >= 15 is 0 Å². The van der Waals surface area contributed by atoms with E-state index in [1.165, 1.54) is 18.6 Å². The number of hydrogen-bond donors (Lipinski definition) is 0. The van der Waals surface area contributed by atoms with Crippen molar-refractivity contribution in [3.63, 3.8) is 0 Å². The van der Waals surface area contributed by atoms with E-state index in [0.717, 1.165) is 12.8 Å². The van der Waals surface area contributed by atoms with Gasteiger partial charge in [-0.05, 0) is 25.3 Å². The summed E-state index contributed by atoms with van der Waals surface area (Å²) in [7, 11) is 0. The van der Waals surface area contributed by atoms with Crippen LogP contribution in [0.15, 0.2) is 12.1 Å². The van der Waals surface area contributed by atoms with Gasteiger partial charge in [-0.2, -0.15) is 0 Å². The highest BCUT2D eigenvalue weighted by Gasteiger charge is 2.19. The minimum absolute atomic E-state index is 0.288. The van der Waals surface area contributed by atoms with Gasteiger partial charge in [-0.15, -0.1) is 0 Å². The molecular formula is C9H9FNO. The molecule has 2 nitrogen and oxygen atoms in total. The Labute approximate surface area is 70.4 Å². The molecule has 1 heterocycles. The topological polar surface area (TPSA) is 22.1 Å². The molecule has 0 saturated heterocycles. The van der Waals surface area contributed by atoms with E-state index in [0.29, 0.717) is 5.88 Å². The average Bonchev–Trinajstić information content (AvgIpc) is 2.00. The van der Waals surface area contributed by atoms with E-state index in [4.69, 9.17) is 4.74 Å². The molecule has 1 saturated carbocycles. The van der Waals surface area contributed by atoms with Crippen LogP contribution in [0.4, 0.5) is 4.39 Å². The maximum absolute atomic E-state index is 12.3. The van der Waals surface area contributed by atoms with Crippen molar-refractivity contribution in [1.82, 2.24) is 4.98 Å². The Bertz CT molecular complexity index is 256. The quantitative estimate of drug-likeness (QED) is 0.670. The first-order chi connectivity index (χ1) is 5.84. The van der Waals surface area contributed by atoms with Gasteiger partial charge in [0.25, 0.3) is 0 Å². The van der Waals surface area contributed by atoms with Gasteiger partial charge in [0, 0.05) is 6.07 Å². The second-order valence-corrected chi connectivity index (χ2v) is 2.91. The normalized spacial score (nSPS) is 17.1. The molecule has 2 rings (SSSR count). The standard InChI is InChI=1S/C9H9FNO/c10-7-4-5-9(11-6-7)12-8-2-1-3-8/h4-5,8H,1-3H2. The van der Waals surface area contributed by atoms with Crippen LogP contribution in [-0.4, -0.2) is 11.1 Å². The maximum Gasteiger partial charge on any atom is 0.214 e. The Morgan fingerprint density at radius 2 is 2.33 bits per heavy atom. The van der Waals surface area contributed by atoms with Crippen molar-refractivity contribution in [2.24, 2.45) is 0 Å². The lowest BCUT2D eigenvalue weighted by molar-refractivity contribution is 0.114. The minimum atomic E-state index is -0.448. The van der Waals surface area contributed by atoms with E-state index in [9.17, 15) is 4.39 Å². The first-order valence-electron chi connectivity index (χ1n) is 4.05. The molecule has 0 spiro atoms. The van der Waals surface area contributed by atoms with Crippen molar-refractivity contribution in [3.8, 4) is 5.88 Å². The number of halogens is 1. The molecule has 1 aromatic heterocycles. The van der Waals surface area contributed by atoms with Crippen LogP contribution in [0.2, 0.25) is 0 Å². The van der Waals surface area contributed by atoms with Gasteiger partial charge in [0.2, 0.25) is 5.88 Å². The van der Waals surface area contributed by atoms with Gasteiger partial charge in [-0.3, -0.25) is 0 Å². The van der Waals surface area contributed by atoms with E-state index < -0.39 is 5.82 Å². The van der Waals surface area contributed by atoms with Gasteiger partial charge in [0.05, 0.1) is 0 Å². The van der Waals surface area contributed by atoms with Gasteiger partial charge < -0.3 is 4.74 Å². The van der Waals surface area contributed by atoms with Crippen molar-refractivity contribution < 1.29 is 9.13 Å². The van der Waals surface area contributed by atoms with E-state index in [-0.39, 0.29) is 6.10 Å². The molecule has 1 fully saturated rings. The first-order valence-corrected chi connectivity index (χ1v) is 4.05. The summed E-state index contributed by atoms with van der Waals surface area (Å²) >= 11 is 0. The van der Waals surface area contributed by atoms with Crippen LogP contribution in [0.5, 0.6) is 5.88 Å². The highest BCUT2D eigenvalue weighted by molar-refractivity contribution is 5.10. The highest BCUT2D eigenvalue weighted by atomic mass is 19.1. The summed E-state index contributed by atoms with van der Waals surface area (Å²) in [5.74, 6) is 0.0251. The molecule has 1 aliphatic carbocycles. The molecule has 1 aromatic rings. The van der Waals surface area contributed by atoms with Crippen molar-refractivity contribution in [2.75, 3.05) is 0 Å². The maximum atomic E-state index is 12.3. The fraction of sp³-hybridized carbons (Fsp3) is 0.444. The zero-order chi connectivity index (χ0) is 8.39. The fourth-order valence-electron chi connectivity index (χ4n) is 1.05. The summed E-state index contributed by atoms with van der Waals surface area (Å²) in [4.78, 5) is 3.68. The summed E-state index contributed by atoms with van der Waals surface area (Å²) < 4.78 is 17.7. The SMILES string of the molecule is Fc1[c]nc(OC2CCC2)cc1. The third kappa shape index (κ3) is 1.55. The van der Waals surface area contributed by atoms with Crippen LogP contribution in [-0.2, 0) is 0 Å². The van der Waals surface area contributed by atoms with Gasteiger partial charge in [0.15, 0.2) is 5.82 Å². The van der Waals surface area contributed by atoms with Gasteiger partial charge >= 0.3 is 0 Å². The zero-order valence-corrected chi connectivity index (χ0v) is 6.59. The Kier molecular flexibility index (Phi) is 1.94. The Morgan fingerprint density at radius 3 is 2.83 bits per heavy atom. The third-order valence-corrected chi connectivity index (χ3v) is 1.98. The molecule has 0 aliphatic heterocycles. The zero-order valence-electron chi connectivity index (χ0n) is 6.59. The number of aromatic nitrogens is 1. The van der Waals surface area contributed by atoms with Crippen LogP contribution < -0.4 is 4.74 Å². The molecule has 1 aliphatic rings. The lowest BCUT2D eigenvalue weighted by atomic mass is 9.96. The van der Waals surface area contributed by atoms with E-state index in [1.807, 2.05) is 0 Å². The molecule has 0 bridgehead atoms. The monoisotopic (exact) mass is 166 g/mol. The smallest absolute Gasteiger partial charge is 0.214 e. The Hall–Kier alpha value is -1.12. The predicted molar refractivity (Wildman–Crippen MR) is 41.3 cm³/mol. The molecular weight excluding hydrogens is 157 g/mol. The molecule has 0 amide bonds. The number of rotatable bonds is 2. The van der Waals surface area contributed by atoms with Crippen molar-refractivity contribution in [2.45, 2.75) is 25.4 Å². The Morgan fingerprint density at radius 1 is 1.50 bits per heavy atom. The van der Waals surface area contributed by atoms with Crippen LogP contribution in [0, 0.1) is 12.0 Å². The van der Waals surface area contributed by atoms with E-state index in [2.05, 4.69) is 11.2 Å². The van der Waals surface area contributed by atoms with Crippen LogP contribution in [0.3, 0.4) is 0 Å².